The molecule has 4 heteroatoms. The average molecular weight is 290 g/mol. The number of carbonyl (C=O) groups excluding carboxylic acids is 1. The van der Waals surface area contributed by atoms with Gasteiger partial charge in [0, 0.05) is 10.9 Å². The van der Waals surface area contributed by atoms with Crippen LogP contribution < -0.4 is 5.32 Å². The Morgan fingerprint density at radius 2 is 1.91 bits per heavy atom. The quantitative estimate of drug-likeness (QED) is 0.798. The lowest BCUT2D eigenvalue weighted by atomic mass is 10.1. The molecule has 1 heterocycles. The van der Waals surface area contributed by atoms with Crippen molar-refractivity contribution in [3.63, 3.8) is 0 Å². The summed E-state index contributed by atoms with van der Waals surface area (Å²) in [7, 11) is 0. The minimum Gasteiger partial charge on any atom is -0.459 e. The standard InChI is InChI=1S/C18H14N2O2/c1-12(17-10-15-4-2-3-5-16(15)22-17)20-18(21)14-8-6-13(11-19)7-9-14/h2-10,12H,1H3,(H,20,21)/t12-/m0/s1. The van der Waals surface area contributed by atoms with Crippen LogP contribution >= 0.6 is 0 Å². The summed E-state index contributed by atoms with van der Waals surface area (Å²) in [5, 5.41) is 12.7. The Kier molecular flexibility index (Phi) is 3.63. The normalized spacial score (nSPS) is 11.8. The molecule has 22 heavy (non-hydrogen) atoms. The largest absolute Gasteiger partial charge is 0.459 e. The molecule has 1 aromatic heterocycles. The van der Waals surface area contributed by atoms with E-state index in [4.69, 9.17) is 9.68 Å². The van der Waals surface area contributed by atoms with Crippen molar-refractivity contribution in [1.82, 2.24) is 5.32 Å². The van der Waals surface area contributed by atoms with E-state index >= 15 is 0 Å². The van der Waals surface area contributed by atoms with E-state index in [0.29, 0.717) is 16.9 Å². The lowest BCUT2D eigenvalue weighted by Gasteiger charge is -2.11. The van der Waals surface area contributed by atoms with Crippen molar-refractivity contribution in [2.45, 2.75) is 13.0 Å². The first-order valence-corrected chi connectivity index (χ1v) is 6.97. The summed E-state index contributed by atoms with van der Waals surface area (Å²) >= 11 is 0. The van der Waals surface area contributed by atoms with Crippen LogP contribution in [0.4, 0.5) is 0 Å². The van der Waals surface area contributed by atoms with Gasteiger partial charge >= 0.3 is 0 Å². The van der Waals surface area contributed by atoms with E-state index in [1.807, 2.05) is 43.3 Å². The summed E-state index contributed by atoms with van der Waals surface area (Å²) in [6.45, 7) is 1.87. The number of nitrogens with one attached hydrogen (secondary N) is 1. The molecular weight excluding hydrogens is 276 g/mol. The number of nitrogens with zero attached hydrogens (tertiary/aromatic N) is 1. The summed E-state index contributed by atoms with van der Waals surface area (Å²) in [6, 6.07) is 18.0. The number of furan rings is 1. The van der Waals surface area contributed by atoms with Crippen LogP contribution in [0.5, 0.6) is 0 Å². The first-order valence-electron chi connectivity index (χ1n) is 6.97. The molecule has 3 aromatic rings. The Bertz CT molecular complexity index is 824. The second-order valence-electron chi connectivity index (χ2n) is 5.07. The minimum atomic E-state index is -0.240. The molecule has 0 aliphatic heterocycles. The van der Waals surface area contributed by atoms with Gasteiger partial charge in [-0.25, -0.2) is 0 Å². The van der Waals surface area contributed by atoms with E-state index in [1.165, 1.54) is 0 Å². The molecule has 0 saturated carbocycles. The van der Waals surface area contributed by atoms with Gasteiger partial charge in [0.1, 0.15) is 11.3 Å². The topological polar surface area (TPSA) is 66.0 Å². The van der Waals surface area contributed by atoms with E-state index in [0.717, 1.165) is 11.0 Å². The van der Waals surface area contributed by atoms with Gasteiger partial charge in [-0.15, -0.1) is 0 Å². The first kappa shape index (κ1) is 13.9. The van der Waals surface area contributed by atoms with Gasteiger partial charge in [0.2, 0.25) is 0 Å². The molecule has 0 bridgehead atoms. The van der Waals surface area contributed by atoms with Crippen LogP contribution in [0.2, 0.25) is 0 Å². The van der Waals surface area contributed by atoms with Crippen molar-refractivity contribution in [2.75, 3.05) is 0 Å². The van der Waals surface area contributed by atoms with Crippen molar-refractivity contribution in [1.29, 1.82) is 5.26 Å². The molecule has 1 atom stereocenters. The fourth-order valence-corrected chi connectivity index (χ4v) is 2.26. The van der Waals surface area contributed by atoms with E-state index in [-0.39, 0.29) is 11.9 Å². The van der Waals surface area contributed by atoms with Crippen LogP contribution in [-0.4, -0.2) is 5.91 Å². The zero-order valence-corrected chi connectivity index (χ0v) is 12.0. The Morgan fingerprint density at radius 3 is 2.59 bits per heavy atom. The molecule has 0 aliphatic rings. The molecule has 4 nitrogen and oxygen atoms in total. The maximum Gasteiger partial charge on any atom is 0.251 e. The number of hydrogen-bond acceptors (Lipinski definition) is 3. The molecule has 0 aliphatic carbocycles. The van der Waals surface area contributed by atoms with Gasteiger partial charge in [0.05, 0.1) is 17.7 Å². The van der Waals surface area contributed by atoms with Crippen molar-refractivity contribution in [3.8, 4) is 6.07 Å². The van der Waals surface area contributed by atoms with Crippen LogP contribution in [-0.2, 0) is 0 Å². The maximum atomic E-state index is 12.2. The molecule has 2 aromatic carbocycles. The lowest BCUT2D eigenvalue weighted by Crippen LogP contribution is -2.26. The number of fused-ring (bicyclic) bond motifs is 1. The molecule has 1 amide bonds. The van der Waals surface area contributed by atoms with Gasteiger partial charge in [-0.05, 0) is 43.3 Å². The molecule has 0 fully saturated rings. The first-order chi connectivity index (χ1) is 10.7. The summed E-state index contributed by atoms with van der Waals surface area (Å²) in [4.78, 5) is 12.2. The van der Waals surface area contributed by atoms with Crippen LogP contribution in [0, 0.1) is 11.3 Å². The molecule has 0 unspecified atom stereocenters. The van der Waals surface area contributed by atoms with Crippen molar-refractivity contribution in [3.05, 3.63) is 71.5 Å². The molecular formula is C18H14N2O2. The number of amides is 1. The SMILES string of the molecule is C[C@H](NC(=O)c1ccc(C#N)cc1)c1cc2ccccc2o1. The number of para-hydroxylation sites is 1. The molecule has 0 spiro atoms. The summed E-state index contributed by atoms with van der Waals surface area (Å²) in [5.74, 6) is 0.514. The molecule has 108 valence electrons. The molecule has 0 radical (unpaired) electrons. The second-order valence-corrected chi connectivity index (χ2v) is 5.07. The molecule has 1 N–H and O–H groups in total. The number of rotatable bonds is 3. The lowest BCUT2D eigenvalue weighted by molar-refractivity contribution is 0.0935. The van der Waals surface area contributed by atoms with Crippen LogP contribution in [0.15, 0.2) is 59.0 Å². The number of nitriles is 1. The highest BCUT2D eigenvalue weighted by molar-refractivity contribution is 5.94. The third-order valence-corrected chi connectivity index (χ3v) is 3.50. The van der Waals surface area contributed by atoms with Gasteiger partial charge in [-0.3, -0.25) is 4.79 Å². The highest BCUT2D eigenvalue weighted by Gasteiger charge is 2.15. The van der Waals surface area contributed by atoms with E-state index < -0.39 is 0 Å². The van der Waals surface area contributed by atoms with Gasteiger partial charge in [0.25, 0.3) is 5.91 Å². The highest BCUT2D eigenvalue weighted by atomic mass is 16.3. The van der Waals surface area contributed by atoms with Crippen molar-refractivity contribution >= 4 is 16.9 Å². The number of hydrogen-bond donors (Lipinski definition) is 1. The van der Waals surface area contributed by atoms with Crippen LogP contribution in [0.3, 0.4) is 0 Å². The summed E-state index contributed by atoms with van der Waals surface area (Å²) in [5.41, 5.74) is 1.85. The zero-order valence-electron chi connectivity index (χ0n) is 12.0. The smallest absolute Gasteiger partial charge is 0.251 e. The monoisotopic (exact) mass is 290 g/mol. The predicted molar refractivity (Wildman–Crippen MR) is 83.3 cm³/mol. The summed E-state index contributed by atoms with van der Waals surface area (Å²) in [6.07, 6.45) is 0. The van der Waals surface area contributed by atoms with E-state index in [2.05, 4.69) is 5.32 Å². The molecule has 0 saturated heterocycles. The van der Waals surface area contributed by atoms with Crippen LogP contribution in [0.1, 0.15) is 34.6 Å². The number of benzene rings is 2. The maximum absolute atomic E-state index is 12.2. The minimum absolute atomic E-state index is 0.197. The van der Waals surface area contributed by atoms with Gasteiger partial charge in [-0.2, -0.15) is 5.26 Å². The van der Waals surface area contributed by atoms with Crippen molar-refractivity contribution in [2.24, 2.45) is 0 Å². The Hall–Kier alpha value is -3.06. The third kappa shape index (κ3) is 2.70. The van der Waals surface area contributed by atoms with Crippen LogP contribution in [0.25, 0.3) is 11.0 Å². The molecule has 3 rings (SSSR count). The van der Waals surface area contributed by atoms with E-state index in [1.54, 1.807) is 24.3 Å². The fourth-order valence-electron chi connectivity index (χ4n) is 2.26. The van der Waals surface area contributed by atoms with Gasteiger partial charge in [0.15, 0.2) is 0 Å². The third-order valence-electron chi connectivity index (χ3n) is 3.50. The second kappa shape index (κ2) is 5.74. The van der Waals surface area contributed by atoms with E-state index in [9.17, 15) is 4.79 Å². The zero-order chi connectivity index (χ0) is 15.5. The highest BCUT2D eigenvalue weighted by Crippen LogP contribution is 2.23. The summed E-state index contributed by atoms with van der Waals surface area (Å²) < 4.78 is 5.75. The van der Waals surface area contributed by atoms with Crippen molar-refractivity contribution < 1.29 is 9.21 Å². The van der Waals surface area contributed by atoms with Gasteiger partial charge in [-0.1, -0.05) is 18.2 Å². The van der Waals surface area contributed by atoms with Gasteiger partial charge < -0.3 is 9.73 Å². The Morgan fingerprint density at radius 1 is 1.18 bits per heavy atom. The fraction of sp³-hybridized carbons (Fsp3) is 0.111. The predicted octanol–water partition coefficient (Wildman–Crippen LogP) is 3.80. The Labute approximate surface area is 128 Å². The number of carbonyl (C=O) groups is 1. The Balaban J connectivity index is 1.76. The average Bonchev–Trinajstić information content (AvgIpc) is 2.99.